The molecule has 0 bridgehead atoms. The van der Waals surface area contributed by atoms with Crippen LogP contribution in [0, 0.1) is 0 Å². The second-order valence-corrected chi connectivity index (χ2v) is 3.78. The molecule has 2 fully saturated rings. The van der Waals surface area contributed by atoms with E-state index in [4.69, 9.17) is 5.11 Å². The molecule has 0 aromatic carbocycles. The van der Waals surface area contributed by atoms with Crippen LogP contribution in [0.1, 0.15) is 6.42 Å². The molecule has 0 unspecified atom stereocenters. The summed E-state index contributed by atoms with van der Waals surface area (Å²) < 4.78 is 0. The minimum Gasteiger partial charge on any atom is -0.395 e. The molecule has 5 heteroatoms. The molecule has 74 valence electrons. The maximum absolute atomic E-state index is 11.4. The van der Waals surface area contributed by atoms with Crippen LogP contribution in [-0.2, 0) is 0 Å². The molecule has 0 aromatic rings. The van der Waals surface area contributed by atoms with Crippen molar-refractivity contribution in [3.8, 4) is 0 Å². The van der Waals surface area contributed by atoms with Crippen molar-refractivity contribution in [1.82, 2.24) is 15.5 Å². The van der Waals surface area contributed by atoms with Crippen molar-refractivity contribution in [3.63, 3.8) is 0 Å². The summed E-state index contributed by atoms with van der Waals surface area (Å²) >= 11 is 0. The van der Waals surface area contributed by atoms with Gasteiger partial charge >= 0.3 is 6.03 Å². The van der Waals surface area contributed by atoms with Gasteiger partial charge in [-0.15, -0.1) is 0 Å². The van der Waals surface area contributed by atoms with Crippen LogP contribution in [0.4, 0.5) is 4.79 Å². The van der Waals surface area contributed by atoms with Gasteiger partial charge in [-0.3, -0.25) is 0 Å². The van der Waals surface area contributed by atoms with E-state index in [0.717, 1.165) is 26.1 Å². The lowest BCUT2D eigenvalue weighted by Gasteiger charge is -2.20. The van der Waals surface area contributed by atoms with E-state index in [1.807, 2.05) is 0 Å². The van der Waals surface area contributed by atoms with Gasteiger partial charge < -0.3 is 20.6 Å². The zero-order valence-electron chi connectivity index (χ0n) is 7.55. The summed E-state index contributed by atoms with van der Waals surface area (Å²) in [5, 5.41) is 15.0. The van der Waals surface area contributed by atoms with Crippen molar-refractivity contribution in [2.24, 2.45) is 0 Å². The molecular formula is C8H15N3O2. The zero-order valence-corrected chi connectivity index (χ0v) is 7.55. The number of hydrogen-bond donors (Lipinski definition) is 3. The molecule has 2 saturated heterocycles. The Hall–Kier alpha value is -0.810. The Bertz CT molecular complexity index is 213. The molecule has 1 spiro atoms. The number of β-amino-alcohol motifs (C(OH)–C–C–N with tert-alkyl or cyclic N) is 1. The fourth-order valence-electron chi connectivity index (χ4n) is 2.07. The number of aliphatic hydroxyl groups excluding tert-OH is 1. The predicted octanol–water partition coefficient (Wildman–Crippen LogP) is -1.26. The topological polar surface area (TPSA) is 64.6 Å². The molecule has 0 aliphatic carbocycles. The first-order chi connectivity index (χ1) is 6.26. The van der Waals surface area contributed by atoms with E-state index in [-0.39, 0.29) is 18.2 Å². The second kappa shape index (κ2) is 3.16. The average molecular weight is 185 g/mol. The van der Waals surface area contributed by atoms with Gasteiger partial charge in [-0.1, -0.05) is 0 Å². The van der Waals surface area contributed by atoms with E-state index in [9.17, 15) is 4.79 Å². The number of amides is 2. The molecule has 1 atom stereocenters. The highest BCUT2D eigenvalue weighted by molar-refractivity contribution is 5.78. The van der Waals surface area contributed by atoms with Gasteiger partial charge in [0.05, 0.1) is 12.1 Å². The van der Waals surface area contributed by atoms with Crippen molar-refractivity contribution in [2.75, 3.05) is 32.8 Å². The first-order valence-electron chi connectivity index (χ1n) is 4.64. The molecule has 2 rings (SSSR count). The summed E-state index contributed by atoms with van der Waals surface area (Å²) in [4.78, 5) is 13.1. The normalized spacial score (nSPS) is 33.0. The maximum Gasteiger partial charge on any atom is 0.318 e. The van der Waals surface area contributed by atoms with Gasteiger partial charge in [0.15, 0.2) is 0 Å². The molecule has 2 heterocycles. The fraction of sp³-hybridized carbons (Fsp3) is 0.875. The number of nitrogens with zero attached hydrogens (tertiary/aromatic N) is 1. The lowest BCUT2D eigenvalue weighted by atomic mass is 10.0. The van der Waals surface area contributed by atoms with Crippen molar-refractivity contribution >= 4 is 6.03 Å². The van der Waals surface area contributed by atoms with Gasteiger partial charge in [-0.05, 0) is 13.0 Å². The molecule has 0 aromatic heterocycles. The molecule has 2 amide bonds. The summed E-state index contributed by atoms with van der Waals surface area (Å²) in [5.74, 6) is 0. The van der Waals surface area contributed by atoms with Gasteiger partial charge in [0.1, 0.15) is 0 Å². The molecular weight excluding hydrogens is 170 g/mol. The predicted molar refractivity (Wildman–Crippen MR) is 47.4 cm³/mol. The molecule has 0 saturated carbocycles. The lowest BCUT2D eigenvalue weighted by molar-refractivity contribution is 0.195. The van der Waals surface area contributed by atoms with Crippen LogP contribution in [-0.4, -0.2) is 54.4 Å². The van der Waals surface area contributed by atoms with Gasteiger partial charge in [0, 0.05) is 19.6 Å². The number of aliphatic hydroxyl groups is 1. The molecule has 2 aliphatic heterocycles. The lowest BCUT2D eigenvalue weighted by Crippen LogP contribution is -2.45. The van der Waals surface area contributed by atoms with Gasteiger partial charge in [-0.25, -0.2) is 4.79 Å². The number of hydrogen-bond acceptors (Lipinski definition) is 3. The van der Waals surface area contributed by atoms with Gasteiger partial charge in [0.25, 0.3) is 0 Å². The standard InChI is InChI=1S/C8H15N3O2/c12-4-3-11-6-8(10-7(11)13)1-2-9-5-8/h9,12H,1-6H2,(H,10,13)/t8-/m1/s1. The first kappa shape index (κ1) is 8.77. The highest BCUT2D eigenvalue weighted by atomic mass is 16.3. The Balaban J connectivity index is 2.01. The van der Waals surface area contributed by atoms with Crippen molar-refractivity contribution in [1.29, 1.82) is 0 Å². The maximum atomic E-state index is 11.4. The number of carbonyl (C=O) groups is 1. The Kier molecular flexibility index (Phi) is 2.13. The molecule has 2 aliphatic rings. The largest absolute Gasteiger partial charge is 0.395 e. The summed E-state index contributed by atoms with van der Waals surface area (Å²) in [6.07, 6.45) is 0.987. The Morgan fingerprint density at radius 3 is 3.08 bits per heavy atom. The molecule has 0 radical (unpaired) electrons. The summed E-state index contributed by atoms with van der Waals surface area (Å²) in [6, 6.07) is -0.0437. The van der Waals surface area contributed by atoms with Crippen LogP contribution >= 0.6 is 0 Å². The highest BCUT2D eigenvalue weighted by Crippen LogP contribution is 2.21. The number of carbonyl (C=O) groups excluding carboxylic acids is 1. The fourth-order valence-corrected chi connectivity index (χ4v) is 2.07. The average Bonchev–Trinajstić information content (AvgIpc) is 2.63. The van der Waals surface area contributed by atoms with E-state index in [0.29, 0.717) is 6.54 Å². The number of rotatable bonds is 2. The van der Waals surface area contributed by atoms with Crippen LogP contribution in [0.5, 0.6) is 0 Å². The monoisotopic (exact) mass is 185 g/mol. The van der Waals surface area contributed by atoms with Crippen molar-refractivity contribution in [2.45, 2.75) is 12.0 Å². The minimum atomic E-state index is -0.0632. The smallest absolute Gasteiger partial charge is 0.318 e. The quantitative estimate of drug-likeness (QED) is 0.503. The zero-order chi connectivity index (χ0) is 9.31. The molecule has 13 heavy (non-hydrogen) atoms. The number of urea groups is 1. The number of nitrogens with one attached hydrogen (secondary N) is 2. The van der Waals surface area contributed by atoms with E-state index in [1.165, 1.54) is 0 Å². The van der Waals surface area contributed by atoms with Gasteiger partial charge in [0.2, 0.25) is 0 Å². The Labute approximate surface area is 77.1 Å². The van der Waals surface area contributed by atoms with Gasteiger partial charge in [-0.2, -0.15) is 0 Å². The summed E-state index contributed by atoms with van der Waals surface area (Å²) in [6.45, 7) is 3.01. The Morgan fingerprint density at radius 1 is 1.62 bits per heavy atom. The second-order valence-electron chi connectivity index (χ2n) is 3.78. The molecule has 5 nitrogen and oxygen atoms in total. The van der Waals surface area contributed by atoms with Crippen LogP contribution in [0.2, 0.25) is 0 Å². The SMILES string of the molecule is O=C1N[C@@]2(CCNC2)CN1CCO. The van der Waals surface area contributed by atoms with E-state index in [1.54, 1.807) is 4.90 Å². The summed E-state index contributed by atoms with van der Waals surface area (Å²) in [5.41, 5.74) is -0.0632. The highest BCUT2D eigenvalue weighted by Gasteiger charge is 2.43. The first-order valence-corrected chi connectivity index (χ1v) is 4.64. The van der Waals surface area contributed by atoms with Crippen LogP contribution in [0.3, 0.4) is 0 Å². The third-order valence-electron chi connectivity index (χ3n) is 2.77. The van der Waals surface area contributed by atoms with Crippen molar-refractivity contribution < 1.29 is 9.90 Å². The minimum absolute atomic E-state index is 0.0386. The van der Waals surface area contributed by atoms with Crippen molar-refractivity contribution in [3.05, 3.63) is 0 Å². The third-order valence-corrected chi connectivity index (χ3v) is 2.77. The van der Waals surface area contributed by atoms with Crippen LogP contribution < -0.4 is 10.6 Å². The third kappa shape index (κ3) is 1.49. The summed E-state index contributed by atoms with van der Waals surface area (Å²) in [7, 11) is 0. The van der Waals surface area contributed by atoms with E-state index < -0.39 is 0 Å². The van der Waals surface area contributed by atoms with E-state index in [2.05, 4.69) is 10.6 Å². The Morgan fingerprint density at radius 2 is 2.46 bits per heavy atom. The van der Waals surface area contributed by atoms with Crippen LogP contribution in [0.15, 0.2) is 0 Å². The van der Waals surface area contributed by atoms with Crippen LogP contribution in [0.25, 0.3) is 0 Å². The molecule has 3 N–H and O–H groups in total. The van der Waals surface area contributed by atoms with E-state index >= 15 is 0 Å².